The zero-order valence-corrected chi connectivity index (χ0v) is 21.2. The van der Waals surface area contributed by atoms with Gasteiger partial charge in [-0.2, -0.15) is 0 Å². The van der Waals surface area contributed by atoms with Gasteiger partial charge in [0, 0.05) is 19.2 Å². The predicted octanol–water partition coefficient (Wildman–Crippen LogP) is 5.72. The van der Waals surface area contributed by atoms with Gasteiger partial charge >= 0.3 is 0 Å². The molecule has 0 saturated heterocycles. The molecule has 4 heterocycles. The summed E-state index contributed by atoms with van der Waals surface area (Å²) in [5, 5.41) is 9.68. The van der Waals surface area contributed by atoms with Crippen molar-refractivity contribution in [2.45, 2.75) is 26.2 Å². The fraction of sp³-hybridized carbons (Fsp3) is 0.154. The van der Waals surface area contributed by atoms with Crippen LogP contribution in [0.15, 0.2) is 60.7 Å². The molecule has 4 heteroatoms. The van der Waals surface area contributed by atoms with Crippen molar-refractivity contribution >= 4 is 79.7 Å². The third kappa shape index (κ3) is 1.92. The Hall–Kier alpha value is -1.99. The summed E-state index contributed by atoms with van der Waals surface area (Å²) in [7, 11) is -3.43. The predicted molar refractivity (Wildman–Crippen MR) is 142 cm³/mol. The Morgan fingerprint density at radius 3 is 1.40 bits per heavy atom. The number of hydrogen-bond acceptors (Lipinski definition) is 2. The highest BCUT2D eigenvalue weighted by atomic mass is 32.1. The molecule has 0 unspecified atom stereocenters. The molecular formula is C26H22S2Si2. The average molecular weight is 455 g/mol. The third-order valence-electron chi connectivity index (χ3n) is 7.43. The normalized spacial score (nSPS) is 17.2. The lowest BCUT2D eigenvalue weighted by Gasteiger charge is -2.22. The second kappa shape index (κ2) is 5.43. The molecule has 2 aromatic heterocycles. The molecule has 0 aliphatic carbocycles. The first-order valence-corrected chi connectivity index (χ1v) is 18.3. The minimum atomic E-state index is -1.71. The highest BCUT2D eigenvalue weighted by molar-refractivity contribution is 7.28. The van der Waals surface area contributed by atoms with Crippen LogP contribution in [0.25, 0.3) is 41.1 Å². The topological polar surface area (TPSA) is 0 Å². The van der Waals surface area contributed by atoms with Crippen LogP contribution in [-0.2, 0) is 0 Å². The first-order valence-electron chi connectivity index (χ1n) is 10.6. The van der Waals surface area contributed by atoms with E-state index in [1.807, 2.05) is 22.7 Å². The van der Waals surface area contributed by atoms with Gasteiger partial charge in [0.2, 0.25) is 0 Å². The number of fused-ring (bicyclic) bond motifs is 10. The van der Waals surface area contributed by atoms with Crippen molar-refractivity contribution in [3.8, 4) is 20.9 Å². The average Bonchev–Trinajstić information content (AvgIpc) is 3.41. The molecule has 7 rings (SSSR count). The minimum Gasteiger partial charge on any atom is -0.135 e. The largest absolute Gasteiger partial charge is 0.135 e. The molecular weight excluding hydrogens is 433 g/mol. The molecule has 2 aliphatic rings. The van der Waals surface area contributed by atoms with Crippen LogP contribution < -0.4 is 20.7 Å². The summed E-state index contributed by atoms with van der Waals surface area (Å²) in [6, 6.07) is 23.4. The number of rotatable bonds is 0. The molecule has 0 fully saturated rings. The van der Waals surface area contributed by atoms with E-state index in [1.54, 1.807) is 41.6 Å². The summed E-state index contributed by atoms with van der Waals surface area (Å²) in [5.41, 5.74) is 3.11. The summed E-state index contributed by atoms with van der Waals surface area (Å²) in [4.78, 5) is 3.13. The lowest BCUT2D eigenvalue weighted by molar-refractivity contribution is 1.77. The lowest BCUT2D eigenvalue weighted by atomic mass is 10.1. The van der Waals surface area contributed by atoms with Crippen molar-refractivity contribution in [1.29, 1.82) is 0 Å². The van der Waals surface area contributed by atoms with Gasteiger partial charge in [-0.1, -0.05) is 74.7 Å². The Morgan fingerprint density at radius 1 is 0.567 bits per heavy atom. The van der Waals surface area contributed by atoms with Crippen LogP contribution in [0.1, 0.15) is 0 Å². The highest BCUT2D eigenvalue weighted by Gasteiger charge is 2.46. The number of benzene rings is 3. The zero-order chi connectivity index (χ0) is 20.4. The van der Waals surface area contributed by atoms with E-state index in [9.17, 15) is 0 Å². The maximum absolute atomic E-state index is 2.63. The molecule has 5 aromatic rings. The van der Waals surface area contributed by atoms with Crippen molar-refractivity contribution in [3.05, 3.63) is 60.7 Å². The molecule has 0 atom stereocenters. The Balaban J connectivity index is 1.57. The maximum atomic E-state index is 2.63. The van der Waals surface area contributed by atoms with Crippen LogP contribution in [0.3, 0.4) is 0 Å². The molecule has 0 N–H and O–H groups in total. The van der Waals surface area contributed by atoms with Crippen LogP contribution in [0, 0.1) is 0 Å². The van der Waals surface area contributed by atoms with Gasteiger partial charge in [-0.15, -0.1) is 22.7 Å². The smallest absolute Gasteiger partial charge is 0.115 e. The van der Waals surface area contributed by atoms with Gasteiger partial charge in [0.25, 0.3) is 0 Å². The van der Waals surface area contributed by atoms with Gasteiger partial charge in [0.05, 0.1) is 0 Å². The molecule has 0 spiro atoms. The quantitative estimate of drug-likeness (QED) is 0.262. The van der Waals surface area contributed by atoms with Crippen molar-refractivity contribution in [3.63, 3.8) is 0 Å². The van der Waals surface area contributed by atoms with E-state index in [4.69, 9.17) is 0 Å². The van der Waals surface area contributed by atoms with Crippen molar-refractivity contribution < 1.29 is 0 Å². The van der Waals surface area contributed by atoms with Crippen LogP contribution in [-0.4, -0.2) is 16.1 Å². The van der Waals surface area contributed by atoms with E-state index >= 15 is 0 Å². The summed E-state index contributed by atoms with van der Waals surface area (Å²) in [6.07, 6.45) is 0. The Bertz CT molecular complexity index is 1430. The molecule has 2 aliphatic heterocycles. The molecule has 3 aromatic carbocycles. The number of hydrogen-bond donors (Lipinski definition) is 0. The number of thiophene rings is 2. The Labute approximate surface area is 186 Å². The van der Waals surface area contributed by atoms with E-state index in [1.165, 1.54) is 20.2 Å². The van der Waals surface area contributed by atoms with Gasteiger partial charge in [-0.05, 0) is 54.8 Å². The minimum absolute atomic E-state index is 1.45. The SMILES string of the molecule is C[Si]1(C)c2cc3c(cc2-c2sc4ccccc4c21)[Si](C)(C)c1c-3sc2ccccc12. The third-order valence-corrected chi connectivity index (χ3v) is 17.3. The lowest BCUT2D eigenvalue weighted by Crippen LogP contribution is -2.51. The standard InChI is InChI=1S/C26H22S2Si2/c1-29(2)21-13-18-22(14-17(21)23-25(29)15-9-5-7-11-19(15)27-23)30(3,4)26-16-10-6-8-12-20(16)28-24(18)26/h5-14H,1-4H3. The van der Waals surface area contributed by atoms with Gasteiger partial charge in [0.1, 0.15) is 16.1 Å². The van der Waals surface area contributed by atoms with E-state index in [0.29, 0.717) is 0 Å². The molecule has 0 nitrogen and oxygen atoms in total. The molecule has 0 saturated carbocycles. The van der Waals surface area contributed by atoms with Gasteiger partial charge in [-0.3, -0.25) is 0 Å². The summed E-state index contributed by atoms with van der Waals surface area (Å²) >= 11 is 4.04. The Morgan fingerprint density at radius 2 is 0.967 bits per heavy atom. The van der Waals surface area contributed by atoms with Crippen molar-refractivity contribution in [2.24, 2.45) is 0 Å². The zero-order valence-electron chi connectivity index (χ0n) is 17.6. The Kier molecular flexibility index (Phi) is 3.20. The summed E-state index contributed by atoms with van der Waals surface area (Å²) in [6.45, 7) is 10.2. The van der Waals surface area contributed by atoms with Gasteiger partial charge in [0.15, 0.2) is 0 Å². The first kappa shape index (κ1) is 17.7. The van der Waals surface area contributed by atoms with E-state index < -0.39 is 16.1 Å². The molecule has 30 heavy (non-hydrogen) atoms. The van der Waals surface area contributed by atoms with Crippen LogP contribution in [0.2, 0.25) is 26.2 Å². The maximum Gasteiger partial charge on any atom is 0.115 e. The van der Waals surface area contributed by atoms with Crippen molar-refractivity contribution in [2.75, 3.05) is 0 Å². The van der Waals surface area contributed by atoms with Crippen LogP contribution in [0.5, 0.6) is 0 Å². The van der Waals surface area contributed by atoms with E-state index in [0.717, 1.165) is 0 Å². The van der Waals surface area contributed by atoms with Gasteiger partial charge < -0.3 is 0 Å². The molecule has 0 amide bonds. The van der Waals surface area contributed by atoms with Crippen molar-refractivity contribution in [1.82, 2.24) is 0 Å². The van der Waals surface area contributed by atoms with Crippen LogP contribution >= 0.6 is 22.7 Å². The summed E-state index contributed by atoms with van der Waals surface area (Å²) < 4.78 is 2.91. The summed E-state index contributed by atoms with van der Waals surface area (Å²) in [5.74, 6) is 0. The van der Waals surface area contributed by atoms with Crippen LogP contribution in [0.4, 0.5) is 0 Å². The molecule has 146 valence electrons. The second-order valence-electron chi connectivity index (χ2n) is 9.80. The highest BCUT2D eigenvalue weighted by Crippen LogP contribution is 2.43. The second-order valence-corrected chi connectivity index (χ2v) is 20.5. The molecule has 0 bridgehead atoms. The van der Waals surface area contributed by atoms with Gasteiger partial charge in [-0.25, -0.2) is 0 Å². The monoisotopic (exact) mass is 454 g/mol. The van der Waals surface area contributed by atoms with E-state index in [2.05, 4.69) is 86.9 Å². The first-order chi connectivity index (χ1) is 14.4. The van der Waals surface area contributed by atoms with E-state index in [-0.39, 0.29) is 0 Å². The fourth-order valence-electron chi connectivity index (χ4n) is 5.99. The molecule has 0 radical (unpaired) electrons. The fourth-order valence-corrected chi connectivity index (χ4v) is 16.9.